The smallest absolute Gasteiger partial charge is 0.230 e. The zero-order chi connectivity index (χ0) is 19.4. The van der Waals surface area contributed by atoms with Crippen molar-refractivity contribution >= 4 is 41.5 Å². The van der Waals surface area contributed by atoms with Crippen LogP contribution in [0.1, 0.15) is 18.0 Å². The van der Waals surface area contributed by atoms with Crippen LogP contribution in [0.5, 0.6) is 5.75 Å². The summed E-state index contributed by atoms with van der Waals surface area (Å²) in [7, 11) is 1.71. The van der Waals surface area contributed by atoms with Gasteiger partial charge >= 0.3 is 0 Å². The zero-order valence-electron chi connectivity index (χ0n) is 15.4. The predicted octanol–water partition coefficient (Wildman–Crippen LogP) is 3.26. The minimum atomic E-state index is -0.492. The number of nitrogens with two attached hydrogens (primary N) is 1. The molecule has 0 aliphatic carbocycles. The summed E-state index contributed by atoms with van der Waals surface area (Å²) in [6.07, 6.45) is 0.164. The van der Waals surface area contributed by atoms with Crippen LogP contribution < -0.4 is 15.8 Å². The molecule has 1 fully saturated rings. The minimum absolute atomic E-state index is 0. The fourth-order valence-electron chi connectivity index (χ4n) is 3.30. The van der Waals surface area contributed by atoms with Crippen molar-refractivity contribution in [1.29, 1.82) is 0 Å². The number of benzene rings is 2. The third kappa shape index (κ3) is 4.95. The van der Waals surface area contributed by atoms with Gasteiger partial charge in [0, 0.05) is 30.7 Å². The molecule has 0 radical (unpaired) electrons. The number of ether oxygens (including phenoxy) is 1. The second kappa shape index (κ2) is 9.78. The lowest BCUT2D eigenvalue weighted by molar-refractivity contribution is -0.127. The first-order chi connectivity index (χ1) is 13.0. The Labute approximate surface area is 175 Å². The largest absolute Gasteiger partial charge is 0.492 e. The first-order valence-corrected chi connectivity index (χ1v) is 9.12. The maximum atomic E-state index is 12.9. The fourth-order valence-corrected chi connectivity index (χ4v) is 3.50. The first kappa shape index (κ1) is 22.0. The van der Waals surface area contributed by atoms with Crippen molar-refractivity contribution in [2.24, 2.45) is 11.7 Å². The maximum absolute atomic E-state index is 12.9. The quantitative estimate of drug-likeness (QED) is 0.746. The van der Waals surface area contributed by atoms with Gasteiger partial charge in [-0.3, -0.25) is 9.59 Å². The highest BCUT2D eigenvalue weighted by atomic mass is 35.5. The minimum Gasteiger partial charge on any atom is -0.492 e. The molecule has 1 aliphatic rings. The molecule has 1 saturated heterocycles. The van der Waals surface area contributed by atoms with E-state index in [-0.39, 0.29) is 36.7 Å². The van der Waals surface area contributed by atoms with Crippen molar-refractivity contribution in [1.82, 2.24) is 4.90 Å². The molecule has 2 atom stereocenters. The Hall–Kier alpha value is -2.28. The molecule has 8 heteroatoms. The summed E-state index contributed by atoms with van der Waals surface area (Å²) < 4.78 is 5.43. The molecule has 0 spiro atoms. The number of hydrogen-bond acceptors (Lipinski definition) is 4. The number of amides is 2. The summed E-state index contributed by atoms with van der Waals surface area (Å²) >= 11 is 6.09. The molecule has 2 unspecified atom stereocenters. The molecular formula is C20H23Cl2N3O3. The van der Waals surface area contributed by atoms with Crippen LogP contribution in [0.15, 0.2) is 48.5 Å². The molecule has 28 heavy (non-hydrogen) atoms. The van der Waals surface area contributed by atoms with Crippen LogP contribution in [0, 0.1) is 5.92 Å². The van der Waals surface area contributed by atoms with Crippen LogP contribution in [-0.4, -0.2) is 36.9 Å². The lowest BCUT2D eigenvalue weighted by atomic mass is 9.93. The van der Waals surface area contributed by atoms with E-state index in [0.29, 0.717) is 29.6 Å². The summed E-state index contributed by atoms with van der Waals surface area (Å²) in [6.45, 7) is 0.871. The number of nitrogens with zero attached hydrogens (tertiary/aromatic N) is 1. The van der Waals surface area contributed by atoms with Gasteiger partial charge < -0.3 is 20.7 Å². The van der Waals surface area contributed by atoms with Crippen LogP contribution in [0.4, 0.5) is 5.69 Å². The van der Waals surface area contributed by atoms with Gasteiger partial charge in [-0.15, -0.1) is 12.4 Å². The monoisotopic (exact) mass is 423 g/mol. The number of rotatable bonds is 6. The van der Waals surface area contributed by atoms with Crippen molar-refractivity contribution in [3.8, 4) is 5.75 Å². The highest BCUT2D eigenvalue weighted by Crippen LogP contribution is 2.38. The van der Waals surface area contributed by atoms with Gasteiger partial charge in [-0.1, -0.05) is 23.7 Å². The van der Waals surface area contributed by atoms with Gasteiger partial charge in [0.05, 0.1) is 12.0 Å². The molecule has 0 aromatic heterocycles. The maximum Gasteiger partial charge on any atom is 0.230 e. The van der Waals surface area contributed by atoms with E-state index in [1.807, 2.05) is 12.1 Å². The zero-order valence-corrected chi connectivity index (χ0v) is 17.0. The Balaban J connectivity index is 0.00000280. The average Bonchev–Trinajstić information content (AvgIpc) is 2.96. The van der Waals surface area contributed by atoms with Gasteiger partial charge in [-0.2, -0.15) is 0 Å². The lowest BCUT2D eigenvalue weighted by Crippen LogP contribution is -2.30. The van der Waals surface area contributed by atoms with Crippen LogP contribution in [0.25, 0.3) is 0 Å². The SMILES string of the molecule is CN1C(=O)CC(C(=O)Nc2ccc(OCCN)cc2)C1c1cccc(Cl)c1.Cl. The topological polar surface area (TPSA) is 84.7 Å². The molecule has 1 aliphatic heterocycles. The molecule has 150 valence electrons. The number of hydrogen-bond donors (Lipinski definition) is 2. The number of carbonyl (C=O) groups excluding carboxylic acids is 2. The van der Waals surface area contributed by atoms with Crippen LogP contribution in [0.2, 0.25) is 5.02 Å². The Kier molecular flexibility index (Phi) is 7.69. The standard InChI is InChI=1S/C20H22ClN3O3.ClH/c1-24-18(25)12-17(19(24)13-3-2-4-14(21)11-13)20(26)23-15-5-7-16(8-6-15)27-10-9-22;/h2-8,11,17,19H,9-10,12,22H2,1H3,(H,23,26);1H. The van der Waals surface area contributed by atoms with Crippen molar-refractivity contribution in [3.63, 3.8) is 0 Å². The molecule has 3 N–H and O–H groups in total. The van der Waals surface area contributed by atoms with E-state index in [4.69, 9.17) is 22.1 Å². The highest BCUT2D eigenvalue weighted by molar-refractivity contribution is 6.30. The van der Waals surface area contributed by atoms with Gasteiger partial charge in [0.15, 0.2) is 0 Å². The highest BCUT2D eigenvalue weighted by Gasteiger charge is 2.42. The summed E-state index contributed by atoms with van der Waals surface area (Å²) in [4.78, 5) is 26.7. The second-order valence-electron chi connectivity index (χ2n) is 6.47. The van der Waals surface area contributed by atoms with Crippen LogP contribution in [0.3, 0.4) is 0 Å². The molecule has 6 nitrogen and oxygen atoms in total. The lowest BCUT2D eigenvalue weighted by Gasteiger charge is -2.25. The predicted molar refractivity (Wildman–Crippen MR) is 112 cm³/mol. The number of likely N-dealkylation sites (tertiary alicyclic amines) is 1. The van der Waals surface area contributed by atoms with Gasteiger partial charge in [-0.05, 0) is 42.0 Å². The van der Waals surface area contributed by atoms with E-state index < -0.39 is 5.92 Å². The van der Waals surface area contributed by atoms with E-state index in [0.717, 1.165) is 5.56 Å². The Morgan fingerprint density at radius 1 is 1.29 bits per heavy atom. The molecule has 0 saturated carbocycles. The molecule has 1 heterocycles. The number of nitrogens with one attached hydrogen (secondary N) is 1. The molecule has 2 aromatic carbocycles. The molecule has 3 rings (SSSR count). The van der Waals surface area contributed by atoms with Crippen molar-refractivity contribution in [2.75, 3.05) is 25.5 Å². The van der Waals surface area contributed by atoms with E-state index in [2.05, 4.69) is 5.32 Å². The number of anilines is 1. The summed E-state index contributed by atoms with van der Waals surface area (Å²) in [6, 6.07) is 14.0. The van der Waals surface area contributed by atoms with E-state index in [1.54, 1.807) is 48.3 Å². The van der Waals surface area contributed by atoms with Crippen LogP contribution in [-0.2, 0) is 9.59 Å². The van der Waals surface area contributed by atoms with Gasteiger partial charge in [0.1, 0.15) is 12.4 Å². The first-order valence-electron chi connectivity index (χ1n) is 8.74. The van der Waals surface area contributed by atoms with E-state index in [1.165, 1.54) is 0 Å². The van der Waals surface area contributed by atoms with Crippen LogP contribution >= 0.6 is 24.0 Å². The second-order valence-corrected chi connectivity index (χ2v) is 6.90. The Bertz CT molecular complexity index is 830. The summed E-state index contributed by atoms with van der Waals surface area (Å²) in [5, 5.41) is 3.47. The number of carbonyl (C=O) groups is 2. The average molecular weight is 424 g/mol. The fraction of sp³-hybridized carbons (Fsp3) is 0.300. The third-order valence-corrected chi connectivity index (χ3v) is 4.86. The van der Waals surface area contributed by atoms with E-state index in [9.17, 15) is 9.59 Å². The van der Waals surface area contributed by atoms with Crippen molar-refractivity contribution in [2.45, 2.75) is 12.5 Å². The van der Waals surface area contributed by atoms with Crippen molar-refractivity contribution < 1.29 is 14.3 Å². The molecular weight excluding hydrogens is 401 g/mol. The summed E-state index contributed by atoms with van der Waals surface area (Å²) in [5.41, 5.74) is 6.91. The van der Waals surface area contributed by atoms with E-state index >= 15 is 0 Å². The van der Waals surface area contributed by atoms with Crippen molar-refractivity contribution in [3.05, 3.63) is 59.1 Å². The molecule has 2 amide bonds. The Morgan fingerprint density at radius 2 is 2.00 bits per heavy atom. The number of halogens is 2. The van der Waals surface area contributed by atoms with Gasteiger partial charge in [0.25, 0.3) is 0 Å². The molecule has 0 bridgehead atoms. The van der Waals surface area contributed by atoms with Gasteiger partial charge in [0.2, 0.25) is 11.8 Å². The third-order valence-electron chi connectivity index (χ3n) is 4.62. The van der Waals surface area contributed by atoms with Gasteiger partial charge in [-0.25, -0.2) is 0 Å². The summed E-state index contributed by atoms with van der Waals surface area (Å²) in [5.74, 6) is -0.0703. The normalized spacial score (nSPS) is 18.5. The molecule has 2 aromatic rings. The Morgan fingerprint density at radius 3 is 2.64 bits per heavy atom.